The summed E-state index contributed by atoms with van der Waals surface area (Å²) >= 11 is 4.86. The van der Waals surface area contributed by atoms with Crippen LogP contribution in [0, 0.1) is 0 Å². The number of hydrogen-bond acceptors (Lipinski definition) is 5. The maximum absolute atomic E-state index is 11.2. The van der Waals surface area contributed by atoms with E-state index in [1.165, 1.54) is 4.90 Å². The summed E-state index contributed by atoms with van der Waals surface area (Å²) in [5.74, 6) is 1.49. The fourth-order valence-corrected chi connectivity index (χ4v) is 1.76. The van der Waals surface area contributed by atoms with Gasteiger partial charge in [0.15, 0.2) is 5.76 Å². The van der Waals surface area contributed by atoms with Gasteiger partial charge >= 0.3 is 6.09 Å². The Morgan fingerprint density at radius 3 is 2.87 bits per heavy atom. The van der Waals surface area contributed by atoms with Crippen LogP contribution in [0.2, 0.25) is 0 Å². The number of rotatable bonds is 3. The van der Waals surface area contributed by atoms with Gasteiger partial charge < -0.3 is 14.2 Å². The number of thioether (sulfide) groups is 1. The number of aromatic nitrogens is 1. The lowest BCUT2D eigenvalue weighted by Gasteiger charge is -2.07. The molecule has 1 aromatic rings. The third-order valence-corrected chi connectivity index (χ3v) is 2.83. The van der Waals surface area contributed by atoms with E-state index >= 15 is 0 Å². The fourth-order valence-electron chi connectivity index (χ4n) is 0.754. The van der Waals surface area contributed by atoms with Crippen molar-refractivity contribution in [2.45, 2.75) is 5.75 Å². The second-order valence-corrected chi connectivity index (χ2v) is 4.58. The van der Waals surface area contributed by atoms with Gasteiger partial charge in [-0.25, -0.2) is 4.79 Å². The van der Waals surface area contributed by atoms with Crippen molar-refractivity contribution >= 4 is 33.8 Å². The number of carbonyl (C=O) groups excluding carboxylic acids is 1. The summed E-state index contributed by atoms with van der Waals surface area (Å²) in [6.07, 6.45) is 1.46. The smallest absolute Gasteiger partial charge is 0.386 e. The Morgan fingerprint density at radius 1 is 1.67 bits per heavy atom. The lowest BCUT2D eigenvalue weighted by atomic mass is 10.5. The number of carbonyl (C=O) groups is 1. The van der Waals surface area contributed by atoms with Crippen LogP contribution in [0.1, 0.15) is 5.76 Å². The largest absolute Gasteiger partial charge is 0.416 e. The summed E-state index contributed by atoms with van der Waals surface area (Å²) < 4.78 is 10.6. The second kappa shape index (κ2) is 5.41. The van der Waals surface area contributed by atoms with Gasteiger partial charge in [0.2, 0.25) is 0 Å². The Balaban J connectivity index is 2.74. The molecule has 84 valence electrons. The molecule has 0 radical (unpaired) electrons. The standard InChI is InChI=1S/C8H11BrN2O3S/c1-11(2)8(12)13-7-6(9)5(4-15-3)14-10-7/h4H2,1-3H3. The van der Waals surface area contributed by atoms with E-state index < -0.39 is 6.09 Å². The van der Waals surface area contributed by atoms with Crippen molar-refractivity contribution in [2.75, 3.05) is 20.4 Å². The molecule has 0 aliphatic rings. The van der Waals surface area contributed by atoms with Crippen LogP contribution in [0.15, 0.2) is 9.00 Å². The van der Waals surface area contributed by atoms with Gasteiger partial charge in [0.1, 0.15) is 4.47 Å². The molecule has 1 rings (SSSR count). The molecule has 1 amide bonds. The third kappa shape index (κ3) is 3.13. The monoisotopic (exact) mass is 294 g/mol. The van der Waals surface area contributed by atoms with E-state index in [-0.39, 0.29) is 5.88 Å². The van der Waals surface area contributed by atoms with Crippen molar-refractivity contribution < 1.29 is 14.1 Å². The van der Waals surface area contributed by atoms with E-state index in [2.05, 4.69) is 21.1 Å². The maximum atomic E-state index is 11.2. The molecule has 1 heterocycles. The molecule has 0 aromatic carbocycles. The highest BCUT2D eigenvalue weighted by Gasteiger charge is 2.18. The van der Waals surface area contributed by atoms with Crippen LogP contribution < -0.4 is 4.74 Å². The van der Waals surface area contributed by atoms with E-state index in [1.54, 1.807) is 25.9 Å². The minimum Gasteiger partial charge on any atom is -0.386 e. The first-order chi connectivity index (χ1) is 7.06. The van der Waals surface area contributed by atoms with Crippen LogP contribution in [0.25, 0.3) is 0 Å². The highest BCUT2D eigenvalue weighted by molar-refractivity contribution is 9.10. The molecular formula is C8H11BrN2O3S. The van der Waals surface area contributed by atoms with Gasteiger partial charge in [0.05, 0.1) is 5.75 Å². The summed E-state index contributed by atoms with van der Waals surface area (Å²) in [6.45, 7) is 0. The molecule has 0 spiro atoms. The van der Waals surface area contributed by atoms with Crippen molar-refractivity contribution in [3.8, 4) is 5.88 Å². The Morgan fingerprint density at radius 2 is 2.33 bits per heavy atom. The average Bonchev–Trinajstić information content (AvgIpc) is 2.50. The van der Waals surface area contributed by atoms with Gasteiger partial charge in [-0.1, -0.05) is 0 Å². The Bertz CT molecular complexity index is 354. The normalized spacial score (nSPS) is 10.1. The molecule has 0 fully saturated rings. The predicted octanol–water partition coefficient (Wildman–Crippen LogP) is 2.36. The SMILES string of the molecule is CSCc1onc(OC(=O)N(C)C)c1Br. The molecule has 0 unspecified atom stereocenters. The van der Waals surface area contributed by atoms with Crippen LogP contribution in [0.5, 0.6) is 5.88 Å². The van der Waals surface area contributed by atoms with Crippen molar-refractivity contribution in [2.24, 2.45) is 0 Å². The second-order valence-electron chi connectivity index (χ2n) is 2.92. The van der Waals surface area contributed by atoms with Crippen molar-refractivity contribution in [3.63, 3.8) is 0 Å². The molecule has 0 aliphatic carbocycles. The molecule has 0 atom stereocenters. The van der Waals surface area contributed by atoms with E-state index in [1.807, 2.05) is 6.26 Å². The van der Waals surface area contributed by atoms with Gasteiger partial charge in [-0.2, -0.15) is 11.8 Å². The molecule has 0 saturated heterocycles. The Hall–Kier alpha value is -0.690. The van der Waals surface area contributed by atoms with E-state index in [0.717, 1.165) is 0 Å². The minimum atomic E-state index is -0.486. The summed E-state index contributed by atoms with van der Waals surface area (Å²) in [6, 6.07) is 0. The highest BCUT2D eigenvalue weighted by atomic mass is 79.9. The van der Waals surface area contributed by atoms with Gasteiger partial charge in [-0.05, 0) is 27.3 Å². The fraction of sp³-hybridized carbons (Fsp3) is 0.500. The third-order valence-electron chi connectivity index (χ3n) is 1.50. The zero-order chi connectivity index (χ0) is 11.4. The van der Waals surface area contributed by atoms with Crippen LogP contribution >= 0.6 is 27.7 Å². The number of ether oxygens (including phenoxy) is 1. The zero-order valence-corrected chi connectivity index (χ0v) is 11.0. The first kappa shape index (κ1) is 12.4. The predicted molar refractivity (Wildman–Crippen MR) is 61.1 cm³/mol. The van der Waals surface area contributed by atoms with Crippen LogP contribution in [0.4, 0.5) is 4.79 Å². The minimum absolute atomic E-state index is 0.165. The van der Waals surface area contributed by atoms with Crippen molar-refractivity contribution in [1.29, 1.82) is 0 Å². The van der Waals surface area contributed by atoms with Crippen molar-refractivity contribution in [1.82, 2.24) is 10.1 Å². The first-order valence-electron chi connectivity index (χ1n) is 4.08. The topological polar surface area (TPSA) is 55.6 Å². The van der Waals surface area contributed by atoms with Crippen LogP contribution in [-0.4, -0.2) is 36.5 Å². The Labute approximate surface area is 100 Å². The quantitative estimate of drug-likeness (QED) is 0.857. The van der Waals surface area contributed by atoms with Gasteiger partial charge in [-0.15, -0.1) is 0 Å². The molecular weight excluding hydrogens is 284 g/mol. The molecule has 0 saturated carbocycles. The maximum Gasteiger partial charge on any atom is 0.416 e. The summed E-state index contributed by atoms with van der Waals surface area (Å²) in [7, 11) is 3.19. The van der Waals surface area contributed by atoms with E-state index in [9.17, 15) is 4.79 Å². The van der Waals surface area contributed by atoms with Gasteiger partial charge in [0.25, 0.3) is 5.88 Å². The van der Waals surface area contributed by atoms with Gasteiger partial charge in [-0.3, -0.25) is 0 Å². The number of halogens is 1. The number of nitrogens with zero attached hydrogens (tertiary/aromatic N) is 2. The van der Waals surface area contributed by atoms with Gasteiger partial charge in [0, 0.05) is 14.1 Å². The lowest BCUT2D eigenvalue weighted by Crippen LogP contribution is -2.25. The molecule has 5 nitrogen and oxygen atoms in total. The Kier molecular flexibility index (Phi) is 4.46. The molecule has 1 aromatic heterocycles. The highest BCUT2D eigenvalue weighted by Crippen LogP contribution is 2.30. The average molecular weight is 295 g/mol. The molecule has 15 heavy (non-hydrogen) atoms. The summed E-state index contributed by atoms with van der Waals surface area (Å²) in [5.41, 5.74) is 0. The molecule has 7 heteroatoms. The summed E-state index contributed by atoms with van der Waals surface area (Å²) in [4.78, 5) is 12.5. The lowest BCUT2D eigenvalue weighted by molar-refractivity contribution is 0.167. The van der Waals surface area contributed by atoms with E-state index in [0.29, 0.717) is 16.0 Å². The van der Waals surface area contributed by atoms with Crippen LogP contribution in [-0.2, 0) is 5.75 Å². The number of amides is 1. The molecule has 0 N–H and O–H groups in total. The molecule has 0 bridgehead atoms. The van der Waals surface area contributed by atoms with Crippen LogP contribution in [0.3, 0.4) is 0 Å². The summed E-state index contributed by atoms with van der Waals surface area (Å²) in [5, 5.41) is 3.65. The first-order valence-corrected chi connectivity index (χ1v) is 6.27. The number of hydrogen-bond donors (Lipinski definition) is 0. The molecule has 0 aliphatic heterocycles. The van der Waals surface area contributed by atoms with Crippen molar-refractivity contribution in [3.05, 3.63) is 10.2 Å². The zero-order valence-electron chi connectivity index (χ0n) is 8.61. The van der Waals surface area contributed by atoms with E-state index in [4.69, 9.17) is 9.26 Å².